The number of ether oxygens (including phenoxy) is 1. The van der Waals surface area contributed by atoms with Crippen molar-refractivity contribution in [1.82, 2.24) is 9.78 Å². The molecule has 0 aliphatic rings. The Morgan fingerprint density at radius 2 is 1.73 bits per heavy atom. The predicted molar refractivity (Wildman–Crippen MR) is 129 cm³/mol. The Balaban J connectivity index is 1.46. The zero-order valence-electron chi connectivity index (χ0n) is 17.9. The van der Waals surface area contributed by atoms with Gasteiger partial charge in [-0.15, -0.1) is 11.3 Å². The van der Waals surface area contributed by atoms with Crippen molar-refractivity contribution in [3.05, 3.63) is 119 Å². The van der Waals surface area contributed by atoms with E-state index >= 15 is 0 Å². The molecule has 0 unspecified atom stereocenters. The Kier molecular flexibility index (Phi) is 6.08. The van der Waals surface area contributed by atoms with E-state index in [0.29, 0.717) is 6.61 Å². The van der Waals surface area contributed by atoms with Crippen LogP contribution >= 0.6 is 11.3 Å². The number of benzene rings is 2. The van der Waals surface area contributed by atoms with Crippen LogP contribution in [0.1, 0.15) is 15.4 Å². The molecule has 0 spiro atoms. The fourth-order valence-corrected chi connectivity index (χ4v) is 4.26. The summed E-state index contributed by atoms with van der Waals surface area (Å²) in [4.78, 5) is 13.4. The Morgan fingerprint density at radius 3 is 2.48 bits per heavy atom. The molecule has 33 heavy (non-hydrogen) atoms. The van der Waals surface area contributed by atoms with Crippen molar-refractivity contribution in [2.75, 3.05) is 0 Å². The van der Waals surface area contributed by atoms with Crippen molar-refractivity contribution < 1.29 is 14.1 Å². The summed E-state index contributed by atoms with van der Waals surface area (Å²) in [6, 6.07) is 29.5. The predicted octanol–water partition coefficient (Wildman–Crippen LogP) is 5.35. The number of thiophene rings is 1. The molecule has 3 aromatic heterocycles. The lowest BCUT2D eigenvalue weighted by molar-refractivity contribution is -0.682. The van der Waals surface area contributed by atoms with E-state index in [2.05, 4.69) is 0 Å². The van der Waals surface area contributed by atoms with Crippen LogP contribution in [0.2, 0.25) is 0 Å². The minimum atomic E-state index is 0.0978. The van der Waals surface area contributed by atoms with E-state index in [0.717, 1.165) is 33.3 Å². The molecule has 0 fully saturated rings. The summed E-state index contributed by atoms with van der Waals surface area (Å²) in [7, 11) is 0. The average Bonchev–Trinajstić information content (AvgIpc) is 3.55. The number of nitrogens with zero attached hydrogens (tertiary/aromatic N) is 3. The van der Waals surface area contributed by atoms with Crippen molar-refractivity contribution in [2.45, 2.75) is 13.2 Å². The van der Waals surface area contributed by atoms with Crippen molar-refractivity contribution in [3.63, 3.8) is 0 Å². The van der Waals surface area contributed by atoms with Crippen LogP contribution in [0.15, 0.2) is 109 Å². The van der Waals surface area contributed by atoms with E-state index in [1.54, 1.807) is 0 Å². The molecular weight excluding hydrogens is 430 g/mol. The third-order valence-electron chi connectivity index (χ3n) is 5.17. The van der Waals surface area contributed by atoms with Crippen LogP contribution < -0.4 is 9.30 Å². The molecule has 5 aromatic rings. The second-order valence-corrected chi connectivity index (χ2v) is 8.48. The van der Waals surface area contributed by atoms with Crippen molar-refractivity contribution in [1.29, 1.82) is 0 Å². The topological polar surface area (TPSA) is 48.0 Å². The van der Waals surface area contributed by atoms with Gasteiger partial charge in [0, 0.05) is 6.07 Å². The maximum atomic E-state index is 12.6. The van der Waals surface area contributed by atoms with Gasteiger partial charge in [0.1, 0.15) is 18.1 Å². The molecule has 2 aromatic carbocycles. The molecule has 0 saturated carbocycles. The molecule has 0 saturated heterocycles. The minimum Gasteiger partial charge on any atom is -0.487 e. The first kappa shape index (κ1) is 20.8. The fraction of sp³-hybridized carbons (Fsp3) is 0.0741. The summed E-state index contributed by atoms with van der Waals surface area (Å²) in [6.45, 7) is 0.651. The van der Waals surface area contributed by atoms with Crippen molar-refractivity contribution >= 4 is 17.1 Å². The van der Waals surface area contributed by atoms with Crippen LogP contribution in [0.3, 0.4) is 0 Å². The van der Waals surface area contributed by atoms with Gasteiger partial charge < -0.3 is 4.74 Å². The molecular formula is C27H22N3O2S+. The number of pyridine rings is 1. The van der Waals surface area contributed by atoms with Gasteiger partial charge in [0.25, 0.3) is 0 Å². The number of hydrogen-bond donors (Lipinski definition) is 0. The largest absolute Gasteiger partial charge is 0.487 e. The molecule has 0 aliphatic carbocycles. The molecule has 3 heterocycles. The molecule has 5 nitrogen and oxygen atoms in total. The number of hydrogen-bond acceptors (Lipinski definition) is 4. The van der Waals surface area contributed by atoms with Gasteiger partial charge in [-0.2, -0.15) is 9.67 Å². The Bertz CT molecular complexity index is 1350. The number of para-hydroxylation sites is 2. The lowest BCUT2D eigenvalue weighted by atomic mass is 10.2. The number of ketones is 1. The maximum absolute atomic E-state index is 12.6. The second-order valence-electron chi connectivity index (χ2n) is 7.54. The number of rotatable bonds is 8. The van der Waals surface area contributed by atoms with Crippen molar-refractivity contribution in [2.24, 2.45) is 0 Å². The quantitative estimate of drug-likeness (QED) is 0.236. The van der Waals surface area contributed by atoms with Gasteiger partial charge in [0.05, 0.1) is 21.8 Å². The highest BCUT2D eigenvalue weighted by molar-refractivity contribution is 7.12. The Labute approximate surface area is 196 Å². The zero-order chi connectivity index (χ0) is 22.5. The van der Waals surface area contributed by atoms with Gasteiger partial charge in [-0.05, 0) is 47.8 Å². The molecule has 0 bridgehead atoms. The third kappa shape index (κ3) is 4.91. The van der Waals surface area contributed by atoms with Gasteiger partial charge in [0.15, 0.2) is 12.4 Å². The number of Topliss-reactive ketones (excluding diaryl/α,β-unsaturated/α-hetero) is 1. The lowest BCUT2D eigenvalue weighted by Crippen LogP contribution is -2.37. The van der Waals surface area contributed by atoms with Gasteiger partial charge in [-0.25, -0.2) is 4.68 Å². The molecule has 6 heteroatoms. The first-order chi connectivity index (χ1) is 16.3. The maximum Gasteiger partial charge on any atom is 0.237 e. The Hall–Kier alpha value is -4.03. The van der Waals surface area contributed by atoms with Crippen LogP contribution in [-0.2, 0) is 13.2 Å². The first-order valence-corrected chi connectivity index (χ1v) is 11.5. The summed E-state index contributed by atoms with van der Waals surface area (Å²) >= 11 is 1.47. The van der Waals surface area contributed by atoms with Crippen LogP contribution in [0.5, 0.6) is 5.75 Å². The summed E-state index contributed by atoms with van der Waals surface area (Å²) in [6.07, 6.45) is 3.90. The van der Waals surface area contributed by atoms with Gasteiger partial charge in [-0.3, -0.25) is 4.79 Å². The van der Waals surface area contributed by atoms with E-state index in [1.807, 2.05) is 118 Å². The molecule has 162 valence electrons. The van der Waals surface area contributed by atoms with E-state index in [-0.39, 0.29) is 12.3 Å². The summed E-state index contributed by atoms with van der Waals surface area (Å²) < 4.78 is 9.76. The standard InChI is InChI=1S/C27H22N3O2S/c31-26(27-14-8-16-33-27)19-29-15-7-9-21(18-29)25-17-22(20-32-24-12-5-2-6-13-24)28-30(25)23-10-3-1-4-11-23/h1-18H,19-20H2/q+1. The first-order valence-electron chi connectivity index (χ1n) is 10.6. The molecule has 5 rings (SSSR count). The highest BCUT2D eigenvalue weighted by Crippen LogP contribution is 2.24. The van der Waals surface area contributed by atoms with Crippen LogP contribution in [0, 0.1) is 0 Å². The number of carbonyl (C=O) groups is 1. The lowest BCUT2D eigenvalue weighted by Gasteiger charge is -2.07. The van der Waals surface area contributed by atoms with Crippen molar-refractivity contribution in [3.8, 4) is 22.7 Å². The monoisotopic (exact) mass is 452 g/mol. The molecule has 0 atom stereocenters. The normalized spacial score (nSPS) is 10.8. The highest BCUT2D eigenvalue weighted by Gasteiger charge is 2.17. The molecule has 0 amide bonds. The van der Waals surface area contributed by atoms with E-state index in [9.17, 15) is 4.79 Å². The summed E-state index contributed by atoms with van der Waals surface area (Å²) in [5.41, 5.74) is 3.69. The van der Waals surface area contributed by atoms with Gasteiger partial charge >= 0.3 is 0 Å². The fourth-order valence-electron chi connectivity index (χ4n) is 3.60. The minimum absolute atomic E-state index is 0.0978. The number of carbonyl (C=O) groups excluding carboxylic acids is 1. The third-order valence-corrected chi connectivity index (χ3v) is 6.08. The summed E-state index contributed by atoms with van der Waals surface area (Å²) in [5.74, 6) is 0.902. The molecule has 0 radical (unpaired) electrons. The molecule has 0 N–H and O–H groups in total. The van der Waals surface area contributed by atoms with Gasteiger partial charge in [-0.1, -0.05) is 42.5 Å². The van der Waals surface area contributed by atoms with Gasteiger partial charge in [0.2, 0.25) is 12.3 Å². The Morgan fingerprint density at radius 1 is 0.939 bits per heavy atom. The van der Waals surface area contributed by atoms with Crippen LogP contribution in [0.25, 0.3) is 16.9 Å². The average molecular weight is 453 g/mol. The van der Waals surface area contributed by atoms with E-state index in [4.69, 9.17) is 9.84 Å². The second kappa shape index (κ2) is 9.63. The van der Waals surface area contributed by atoms with E-state index < -0.39 is 0 Å². The highest BCUT2D eigenvalue weighted by atomic mass is 32.1. The SMILES string of the molecule is O=C(C[n+]1cccc(-c2cc(COc3ccccc3)nn2-c2ccccc2)c1)c1cccs1. The molecule has 0 aliphatic heterocycles. The number of aromatic nitrogens is 3. The van der Waals surface area contributed by atoms with Crippen LogP contribution in [-0.4, -0.2) is 15.6 Å². The van der Waals surface area contributed by atoms with E-state index in [1.165, 1.54) is 11.3 Å². The smallest absolute Gasteiger partial charge is 0.237 e. The summed E-state index contributed by atoms with van der Waals surface area (Å²) in [5, 5.41) is 6.74. The zero-order valence-corrected chi connectivity index (χ0v) is 18.7. The van der Waals surface area contributed by atoms with Crippen LogP contribution in [0.4, 0.5) is 0 Å².